The van der Waals surface area contributed by atoms with Gasteiger partial charge in [-0.2, -0.15) is 0 Å². The maximum Gasteiger partial charge on any atom is 0.267 e. The molecule has 7 nitrogen and oxygen atoms in total. The molecule has 0 fully saturated rings. The van der Waals surface area contributed by atoms with Crippen LogP contribution in [0.3, 0.4) is 0 Å². The number of hydrogen-bond donors (Lipinski definition) is 2. The van der Waals surface area contributed by atoms with E-state index in [2.05, 4.69) is 10.6 Å². The summed E-state index contributed by atoms with van der Waals surface area (Å²) in [6.07, 6.45) is -0.574. The molecule has 0 saturated carbocycles. The van der Waals surface area contributed by atoms with Crippen LogP contribution in [0.2, 0.25) is 0 Å². The molecule has 1 heterocycles. The molecule has 1 aromatic carbocycles. The number of ether oxygens (including phenoxy) is 1. The number of benzene rings is 1. The van der Waals surface area contributed by atoms with Crippen molar-refractivity contribution in [3.63, 3.8) is 0 Å². The summed E-state index contributed by atoms with van der Waals surface area (Å²) >= 11 is 0. The minimum Gasteiger partial charge on any atom is -0.479 e. The Kier molecular flexibility index (Phi) is 4.65. The highest BCUT2D eigenvalue weighted by Gasteiger charge is 2.29. The zero-order chi connectivity index (χ0) is 16.3. The normalized spacial score (nSPS) is 16.6. The largest absolute Gasteiger partial charge is 0.479 e. The van der Waals surface area contributed by atoms with Crippen molar-refractivity contribution >= 4 is 23.4 Å². The van der Waals surface area contributed by atoms with E-state index in [9.17, 15) is 14.4 Å². The Morgan fingerprint density at radius 1 is 1.27 bits per heavy atom. The van der Waals surface area contributed by atoms with Crippen molar-refractivity contribution in [1.29, 1.82) is 0 Å². The van der Waals surface area contributed by atoms with Crippen molar-refractivity contribution in [1.82, 2.24) is 10.6 Å². The average molecular weight is 305 g/mol. The van der Waals surface area contributed by atoms with Crippen molar-refractivity contribution in [3.05, 3.63) is 23.8 Å². The summed E-state index contributed by atoms with van der Waals surface area (Å²) in [6, 6.07) is 4.93. The first-order valence-electron chi connectivity index (χ1n) is 7.01. The predicted octanol–water partition coefficient (Wildman–Crippen LogP) is 0.296. The fraction of sp³-hybridized carbons (Fsp3) is 0.400. The van der Waals surface area contributed by atoms with Gasteiger partial charge in [-0.25, -0.2) is 0 Å². The van der Waals surface area contributed by atoms with Crippen LogP contribution in [0, 0.1) is 0 Å². The van der Waals surface area contributed by atoms with Gasteiger partial charge in [-0.05, 0) is 25.1 Å². The van der Waals surface area contributed by atoms with Crippen LogP contribution < -0.4 is 20.3 Å². The van der Waals surface area contributed by atoms with Crippen LogP contribution in [0.5, 0.6) is 5.75 Å². The Labute approximate surface area is 128 Å². The van der Waals surface area contributed by atoms with E-state index < -0.39 is 6.10 Å². The molecule has 2 rings (SSSR count). The number of fused-ring (bicyclic) bond motifs is 1. The lowest BCUT2D eigenvalue weighted by Crippen LogP contribution is -2.42. The van der Waals surface area contributed by atoms with Gasteiger partial charge < -0.3 is 20.3 Å². The van der Waals surface area contributed by atoms with E-state index in [-0.39, 0.29) is 17.7 Å². The van der Waals surface area contributed by atoms with Gasteiger partial charge in [-0.1, -0.05) is 0 Å². The molecule has 22 heavy (non-hydrogen) atoms. The Balaban J connectivity index is 2.05. The second kappa shape index (κ2) is 6.46. The molecule has 0 saturated heterocycles. The summed E-state index contributed by atoms with van der Waals surface area (Å²) < 4.78 is 5.53. The second-order valence-electron chi connectivity index (χ2n) is 5.08. The number of likely N-dealkylation sites (N-methyl/N-ethyl adjacent to an activating group) is 1. The SMILES string of the molecule is CC(=O)NCCNC(=O)c1ccc2c(c1)OC(C)C(=O)N2C. The number of nitrogens with one attached hydrogen (secondary N) is 2. The quantitative estimate of drug-likeness (QED) is 0.783. The van der Waals surface area contributed by atoms with E-state index in [4.69, 9.17) is 4.74 Å². The average Bonchev–Trinajstić information content (AvgIpc) is 2.48. The lowest BCUT2D eigenvalue weighted by Gasteiger charge is -2.30. The number of anilines is 1. The zero-order valence-electron chi connectivity index (χ0n) is 12.8. The second-order valence-corrected chi connectivity index (χ2v) is 5.08. The van der Waals surface area contributed by atoms with Crippen LogP contribution >= 0.6 is 0 Å². The number of nitrogens with zero attached hydrogens (tertiary/aromatic N) is 1. The van der Waals surface area contributed by atoms with Gasteiger partial charge in [0.1, 0.15) is 5.75 Å². The van der Waals surface area contributed by atoms with Gasteiger partial charge in [0.25, 0.3) is 11.8 Å². The van der Waals surface area contributed by atoms with Crippen molar-refractivity contribution in [2.24, 2.45) is 0 Å². The minimum absolute atomic E-state index is 0.125. The molecule has 0 aliphatic carbocycles. The minimum atomic E-state index is -0.574. The lowest BCUT2D eigenvalue weighted by molar-refractivity contribution is -0.125. The van der Waals surface area contributed by atoms with E-state index >= 15 is 0 Å². The molecule has 3 amide bonds. The van der Waals surface area contributed by atoms with Crippen LogP contribution in [0.1, 0.15) is 24.2 Å². The standard InChI is InChI=1S/C15H19N3O4/c1-9-15(21)18(3)12-5-4-11(8-13(12)22-9)14(20)17-7-6-16-10(2)19/h4-5,8-9H,6-7H2,1-3H3,(H,16,19)(H,17,20). The predicted molar refractivity (Wildman–Crippen MR) is 81.0 cm³/mol. The van der Waals surface area contributed by atoms with Gasteiger partial charge in [-0.3, -0.25) is 14.4 Å². The third-order valence-electron chi connectivity index (χ3n) is 3.35. The highest BCUT2D eigenvalue weighted by Crippen LogP contribution is 2.33. The summed E-state index contributed by atoms with van der Waals surface area (Å²) in [5.74, 6) is -0.0220. The van der Waals surface area contributed by atoms with Crippen molar-refractivity contribution in [2.45, 2.75) is 20.0 Å². The molecule has 0 aromatic heterocycles. The lowest BCUT2D eigenvalue weighted by atomic mass is 10.1. The molecule has 118 valence electrons. The summed E-state index contributed by atoms with van der Waals surface area (Å²) in [5, 5.41) is 5.30. The topological polar surface area (TPSA) is 87.7 Å². The van der Waals surface area contributed by atoms with Gasteiger partial charge in [0, 0.05) is 32.6 Å². The summed E-state index contributed by atoms with van der Waals surface area (Å²) in [4.78, 5) is 36.1. The molecule has 1 aliphatic rings. The number of carbonyl (C=O) groups excluding carboxylic acids is 3. The maximum atomic E-state index is 12.0. The van der Waals surface area contributed by atoms with E-state index in [0.29, 0.717) is 30.1 Å². The number of carbonyl (C=O) groups is 3. The zero-order valence-corrected chi connectivity index (χ0v) is 12.8. The molecule has 0 radical (unpaired) electrons. The third-order valence-corrected chi connectivity index (χ3v) is 3.35. The Morgan fingerprint density at radius 3 is 2.64 bits per heavy atom. The summed E-state index contributed by atoms with van der Waals surface area (Å²) in [7, 11) is 1.67. The first-order chi connectivity index (χ1) is 10.4. The Morgan fingerprint density at radius 2 is 1.95 bits per heavy atom. The van der Waals surface area contributed by atoms with Crippen LogP contribution in [0.4, 0.5) is 5.69 Å². The molecule has 1 atom stereocenters. The van der Waals surface area contributed by atoms with Gasteiger partial charge >= 0.3 is 0 Å². The molecule has 0 spiro atoms. The van der Waals surface area contributed by atoms with Crippen LogP contribution in [0.15, 0.2) is 18.2 Å². The van der Waals surface area contributed by atoms with Crippen LogP contribution in [-0.4, -0.2) is 44.0 Å². The van der Waals surface area contributed by atoms with Gasteiger partial charge in [0.05, 0.1) is 5.69 Å². The molecular formula is C15H19N3O4. The summed E-state index contributed by atoms with van der Waals surface area (Å²) in [5.41, 5.74) is 1.08. The number of amides is 3. The van der Waals surface area contributed by atoms with Crippen molar-refractivity contribution < 1.29 is 19.1 Å². The first kappa shape index (κ1) is 15.8. The number of hydrogen-bond acceptors (Lipinski definition) is 4. The van der Waals surface area contributed by atoms with Gasteiger partial charge in [0.15, 0.2) is 6.10 Å². The highest BCUT2D eigenvalue weighted by atomic mass is 16.5. The van der Waals surface area contributed by atoms with E-state index in [1.807, 2.05) is 0 Å². The maximum absolute atomic E-state index is 12.0. The van der Waals surface area contributed by atoms with E-state index in [0.717, 1.165) is 0 Å². The van der Waals surface area contributed by atoms with E-state index in [1.165, 1.54) is 11.8 Å². The molecule has 1 unspecified atom stereocenters. The Hall–Kier alpha value is -2.57. The molecule has 1 aromatic rings. The fourth-order valence-corrected chi connectivity index (χ4v) is 2.18. The Bertz CT molecular complexity index is 615. The summed E-state index contributed by atoms with van der Waals surface area (Å²) in [6.45, 7) is 3.80. The fourth-order valence-electron chi connectivity index (χ4n) is 2.18. The van der Waals surface area contributed by atoms with Gasteiger partial charge in [0.2, 0.25) is 5.91 Å². The molecule has 0 bridgehead atoms. The monoisotopic (exact) mass is 305 g/mol. The van der Waals surface area contributed by atoms with Crippen LogP contribution in [-0.2, 0) is 9.59 Å². The highest BCUT2D eigenvalue weighted by molar-refractivity contribution is 6.01. The van der Waals surface area contributed by atoms with Crippen LogP contribution in [0.25, 0.3) is 0 Å². The van der Waals surface area contributed by atoms with Crippen molar-refractivity contribution in [3.8, 4) is 5.75 Å². The third kappa shape index (κ3) is 3.36. The molecule has 1 aliphatic heterocycles. The smallest absolute Gasteiger partial charge is 0.267 e. The first-order valence-corrected chi connectivity index (χ1v) is 7.01. The molecule has 7 heteroatoms. The van der Waals surface area contributed by atoms with Gasteiger partial charge in [-0.15, -0.1) is 0 Å². The number of rotatable bonds is 4. The van der Waals surface area contributed by atoms with Crippen molar-refractivity contribution in [2.75, 3.05) is 25.0 Å². The molecular weight excluding hydrogens is 286 g/mol. The van der Waals surface area contributed by atoms with E-state index in [1.54, 1.807) is 32.2 Å². The molecule has 2 N–H and O–H groups in total.